The fourth-order valence-corrected chi connectivity index (χ4v) is 13.3. The molecule has 0 heterocycles. The largest absolute Gasteiger partial charge is 0.472 e. The summed E-state index contributed by atoms with van der Waals surface area (Å²) in [6, 6.07) is 0. The van der Waals surface area contributed by atoms with E-state index in [1.807, 2.05) is 0 Å². The van der Waals surface area contributed by atoms with Crippen LogP contribution in [0.5, 0.6) is 0 Å². The fraction of sp³-hybridized carbons (Fsp3) is 0.948. The highest BCUT2D eigenvalue weighted by molar-refractivity contribution is 7.47. The molecule has 0 spiro atoms. The van der Waals surface area contributed by atoms with Crippen LogP contribution in [0.4, 0.5) is 0 Å². The van der Waals surface area contributed by atoms with Crippen LogP contribution in [-0.4, -0.2) is 96.7 Å². The topological polar surface area (TPSA) is 237 Å². The first-order valence-electron chi connectivity index (χ1n) is 39.7. The monoisotopic (exact) mass is 1410 g/mol. The Kier molecular flexibility index (Phi) is 65.0. The second kappa shape index (κ2) is 66.3. The summed E-state index contributed by atoms with van der Waals surface area (Å²) in [7, 11) is -9.91. The van der Waals surface area contributed by atoms with E-state index >= 15 is 0 Å². The van der Waals surface area contributed by atoms with Crippen LogP contribution in [0.15, 0.2) is 0 Å². The van der Waals surface area contributed by atoms with Crippen LogP contribution in [0.1, 0.15) is 389 Å². The number of hydrogen-bond donors (Lipinski definition) is 3. The van der Waals surface area contributed by atoms with E-state index in [1.165, 1.54) is 186 Å². The van der Waals surface area contributed by atoms with Gasteiger partial charge in [0.25, 0.3) is 0 Å². The third-order valence-corrected chi connectivity index (χ3v) is 20.1. The Morgan fingerprint density at radius 3 is 0.740 bits per heavy atom. The molecule has 0 aliphatic heterocycles. The van der Waals surface area contributed by atoms with E-state index in [1.54, 1.807) is 0 Å². The molecule has 0 bridgehead atoms. The predicted octanol–water partition coefficient (Wildman–Crippen LogP) is 22.4. The van der Waals surface area contributed by atoms with Crippen molar-refractivity contribution in [1.29, 1.82) is 0 Å². The number of rotatable bonds is 74. The van der Waals surface area contributed by atoms with E-state index in [4.69, 9.17) is 37.0 Å². The Bertz CT molecular complexity index is 1890. The van der Waals surface area contributed by atoms with Gasteiger partial charge in [-0.2, -0.15) is 0 Å². The maximum atomic E-state index is 13.1. The van der Waals surface area contributed by atoms with Gasteiger partial charge in [0.2, 0.25) is 0 Å². The highest BCUT2D eigenvalue weighted by atomic mass is 31.2. The van der Waals surface area contributed by atoms with Gasteiger partial charge in [0.15, 0.2) is 12.2 Å². The number of phosphoric acid groups is 2. The summed E-state index contributed by atoms with van der Waals surface area (Å²) in [5.74, 6) is 0.949. The Labute approximate surface area is 588 Å². The highest BCUT2D eigenvalue weighted by Gasteiger charge is 2.30. The number of phosphoric ester groups is 2. The average Bonchev–Trinajstić information content (AvgIpc) is 3.52. The van der Waals surface area contributed by atoms with Crippen LogP contribution in [0.2, 0.25) is 0 Å². The summed E-state index contributed by atoms with van der Waals surface area (Å²) >= 11 is 0. The van der Waals surface area contributed by atoms with Crippen molar-refractivity contribution in [2.24, 2.45) is 23.7 Å². The van der Waals surface area contributed by atoms with E-state index in [0.717, 1.165) is 114 Å². The van der Waals surface area contributed by atoms with Crippen LogP contribution in [0.25, 0.3) is 0 Å². The predicted molar refractivity (Wildman–Crippen MR) is 391 cm³/mol. The molecule has 0 fully saturated rings. The van der Waals surface area contributed by atoms with Gasteiger partial charge in [-0.3, -0.25) is 37.3 Å². The molecule has 0 saturated carbocycles. The molecule has 0 rings (SSSR count). The summed E-state index contributed by atoms with van der Waals surface area (Å²) in [5, 5.41) is 10.6. The summed E-state index contributed by atoms with van der Waals surface area (Å²) in [5.41, 5.74) is 0. The van der Waals surface area contributed by atoms with Gasteiger partial charge in [0.1, 0.15) is 19.3 Å². The van der Waals surface area contributed by atoms with Gasteiger partial charge in [0.05, 0.1) is 26.4 Å². The molecule has 0 aromatic carbocycles. The number of carbonyl (C=O) groups excluding carboxylic acids is 4. The summed E-state index contributed by atoms with van der Waals surface area (Å²) in [6.45, 7) is 14.2. The minimum Gasteiger partial charge on any atom is -0.462 e. The molecular formula is C77H150O17P2. The third-order valence-electron chi connectivity index (χ3n) is 18.2. The van der Waals surface area contributed by atoms with E-state index < -0.39 is 97.5 Å². The third kappa shape index (κ3) is 69.2. The zero-order valence-electron chi connectivity index (χ0n) is 63.0. The van der Waals surface area contributed by atoms with Crippen LogP contribution < -0.4 is 0 Å². The van der Waals surface area contributed by atoms with E-state index in [0.29, 0.717) is 31.6 Å². The standard InChI is InChI=1S/C77H150O17P2/c1-9-70(8)56-48-40-31-25-18-14-10-11-15-19-27-33-43-51-59-76(81)93-72(63-87-74(79)57-49-41-32-26-22-21-24-30-38-46-54-68(4)5)65-91-95(83,84)89-61-71(78)62-90-96(85,86)92-66-73(64-88-75(80)58-50-42-36-35-39-47-55-69(6)7)94-77(82)60-52-44-34-28-20-16-12-13-17-23-29-37-45-53-67(2)3/h67-73,78H,9-66H2,1-8H3,(H,83,84)(H,85,86)/t70?,71-,72-,73-/m1/s1. The minimum absolute atomic E-state index is 0.106. The molecular weight excluding hydrogens is 1260 g/mol. The van der Waals surface area contributed by atoms with Gasteiger partial charge in [0, 0.05) is 25.7 Å². The first-order valence-corrected chi connectivity index (χ1v) is 42.7. The number of aliphatic hydroxyl groups excluding tert-OH is 1. The molecule has 0 amide bonds. The minimum atomic E-state index is -4.96. The van der Waals surface area contributed by atoms with Crippen molar-refractivity contribution in [3.8, 4) is 0 Å². The lowest BCUT2D eigenvalue weighted by atomic mass is 9.99. The molecule has 0 aliphatic carbocycles. The Balaban J connectivity index is 5.23. The van der Waals surface area contributed by atoms with Gasteiger partial charge in [-0.25, -0.2) is 9.13 Å². The summed E-state index contributed by atoms with van der Waals surface area (Å²) in [4.78, 5) is 72.8. The van der Waals surface area contributed by atoms with E-state index in [2.05, 4.69) is 55.4 Å². The number of ether oxygens (including phenoxy) is 4. The maximum Gasteiger partial charge on any atom is 0.472 e. The van der Waals surface area contributed by atoms with Crippen LogP contribution in [0.3, 0.4) is 0 Å². The molecule has 3 unspecified atom stereocenters. The van der Waals surface area contributed by atoms with Crippen molar-refractivity contribution in [3.63, 3.8) is 0 Å². The average molecular weight is 1410 g/mol. The SMILES string of the molecule is CCC(C)CCCCCCCCCCCCCCCCC(=O)O[C@H](COC(=O)CCCCCCCCCCCCC(C)C)COP(=O)(O)OC[C@@H](O)COP(=O)(O)OC[C@@H](COC(=O)CCCCCCCCC(C)C)OC(=O)CCCCCCCCCCCCCCCC(C)C. The highest BCUT2D eigenvalue weighted by Crippen LogP contribution is 2.45. The van der Waals surface area contributed by atoms with E-state index in [-0.39, 0.29) is 25.7 Å². The molecule has 0 aromatic heterocycles. The Morgan fingerprint density at radius 2 is 0.500 bits per heavy atom. The number of unbranched alkanes of at least 4 members (excludes halogenated alkanes) is 39. The normalized spacial score (nSPS) is 14.4. The lowest BCUT2D eigenvalue weighted by molar-refractivity contribution is -0.161. The van der Waals surface area contributed by atoms with Gasteiger partial charge in [-0.1, -0.05) is 338 Å². The second-order valence-corrected chi connectivity index (χ2v) is 32.3. The number of aliphatic hydroxyl groups is 1. The van der Waals surface area contributed by atoms with Crippen molar-refractivity contribution < 1.29 is 80.2 Å². The van der Waals surface area contributed by atoms with Gasteiger partial charge < -0.3 is 33.8 Å². The second-order valence-electron chi connectivity index (χ2n) is 29.4. The lowest BCUT2D eigenvalue weighted by Gasteiger charge is -2.21. The van der Waals surface area contributed by atoms with Crippen molar-refractivity contribution in [3.05, 3.63) is 0 Å². The first-order chi connectivity index (χ1) is 46.1. The number of carbonyl (C=O) groups is 4. The maximum absolute atomic E-state index is 13.1. The van der Waals surface area contributed by atoms with Crippen LogP contribution in [-0.2, 0) is 65.4 Å². The molecule has 0 aromatic rings. The fourth-order valence-electron chi connectivity index (χ4n) is 11.7. The first kappa shape index (κ1) is 94.1. The van der Waals surface area contributed by atoms with Gasteiger partial charge in [-0.05, 0) is 49.4 Å². The number of hydrogen-bond acceptors (Lipinski definition) is 15. The molecule has 0 saturated heterocycles. The Morgan fingerprint density at radius 1 is 0.292 bits per heavy atom. The molecule has 0 aliphatic rings. The molecule has 0 radical (unpaired) electrons. The molecule has 6 atom stereocenters. The van der Waals surface area contributed by atoms with Crippen molar-refractivity contribution in [2.75, 3.05) is 39.6 Å². The lowest BCUT2D eigenvalue weighted by Crippen LogP contribution is -2.30. The van der Waals surface area contributed by atoms with Crippen LogP contribution in [0, 0.1) is 23.7 Å². The summed E-state index contributed by atoms with van der Waals surface area (Å²) in [6.07, 6.45) is 51.4. The molecule has 3 N–H and O–H groups in total. The van der Waals surface area contributed by atoms with Gasteiger partial charge >= 0.3 is 39.5 Å². The van der Waals surface area contributed by atoms with Gasteiger partial charge in [-0.15, -0.1) is 0 Å². The van der Waals surface area contributed by atoms with E-state index in [9.17, 15) is 43.2 Å². The smallest absolute Gasteiger partial charge is 0.462 e. The van der Waals surface area contributed by atoms with Crippen molar-refractivity contribution >= 4 is 39.5 Å². The number of esters is 4. The summed E-state index contributed by atoms with van der Waals surface area (Å²) < 4.78 is 68.5. The van der Waals surface area contributed by atoms with Crippen molar-refractivity contribution in [2.45, 2.75) is 408 Å². The Hall–Kier alpha value is -1.94. The van der Waals surface area contributed by atoms with Crippen molar-refractivity contribution in [1.82, 2.24) is 0 Å². The zero-order valence-corrected chi connectivity index (χ0v) is 64.8. The molecule has 19 heteroatoms. The molecule has 570 valence electrons. The van der Waals surface area contributed by atoms with Crippen LogP contribution >= 0.6 is 15.6 Å². The zero-order chi connectivity index (χ0) is 71.0. The quantitative estimate of drug-likeness (QED) is 0.0222. The molecule has 17 nitrogen and oxygen atoms in total. The molecule has 96 heavy (non-hydrogen) atoms.